The number of ether oxygens (including phenoxy) is 1. The quantitative estimate of drug-likeness (QED) is 0.549. The number of carbonyl (C=O) groups is 1. The maximum Gasteiger partial charge on any atom is 0.230 e. The van der Waals surface area contributed by atoms with Crippen LogP contribution in [-0.4, -0.2) is 54.4 Å². The third kappa shape index (κ3) is 5.49. The van der Waals surface area contributed by atoms with Crippen LogP contribution in [0.15, 0.2) is 52.9 Å². The average Bonchev–Trinajstić information content (AvgIpc) is 3.17. The number of rotatable bonds is 7. The van der Waals surface area contributed by atoms with Crippen molar-refractivity contribution in [1.29, 1.82) is 0 Å². The van der Waals surface area contributed by atoms with Gasteiger partial charge in [-0.15, -0.1) is 11.3 Å². The summed E-state index contributed by atoms with van der Waals surface area (Å²) < 4.78 is 7.55. The van der Waals surface area contributed by atoms with Crippen molar-refractivity contribution < 1.29 is 9.53 Å². The molecule has 0 saturated carbocycles. The lowest BCUT2D eigenvalue weighted by molar-refractivity contribution is -0.118. The normalized spacial score (nSPS) is 16.0. The summed E-state index contributed by atoms with van der Waals surface area (Å²) >= 11 is 9.15. The Kier molecular flexibility index (Phi) is 7.05. The minimum absolute atomic E-state index is 0.0153. The van der Waals surface area contributed by atoms with Gasteiger partial charge in [-0.25, -0.2) is 4.98 Å². The summed E-state index contributed by atoms with van der Waals surface area (Å²) in [6.45, 7) is 3.69. The lowest BCUT2D eigenvalue weighted by Gasteiger charge is -2.35. The van der Waals surface area contributed by atoms with Crippen molar-refractivity contribution in [1.82, 2.24) is 15.2 Å². The van der Waals surface area contributed by atoms with Gasteiger partial charge in [0, 0.05) is 24.7 Å². The third-order valence-electron chi connectivity index (χ3n) is 4.83. The van der Waals surface area contributed by atoms with Gasteiger partial charge >= 0.3 is 0 Å². The van der Waals surface area contributed by atoms with Crippen molar-refractivity contribution in [3.8, 4) is 0 Å². The first-order chi connectivity index (χ1) is 14.2. The van der Waals surface area contributed by atoms with Gasteiger partial charge in [-0.2, -0.15) is 0 Å². The van der Waals surface area contributed by atoms with E-state index in [4.69, 9.17) is 16.3 Å². The molecule has 5 nitrogen and oxygen atoms in total. The van der Waals surface area contributed by atoms with Crippen LogP contribution >= 0.6 is 34.7 Å². The maximum atomic E-state index is 12.5. The van der Waals surface area contributed by atoms with Crippen LogP contribution in [0.3, 0.4) is 0 Å². The second-order valence-corrected chi connectivity index (χ2v) is 9.45. The number of morpholine rings is 1. The fourth-order valence-electron chi connectivity index (χ4n) is 3.33. The molecule has 3 aromatic rings. The van der Waals surface area contributed by atoms with E-state index in [-0.39, 0.29) is 11.9 Å². The smallest absolute Gasteiger partial charge is 0.230 e. The fraction of sp³-hybridized carbons (Fsp3) is 0.333. The minimum Gasteiger partial charge on any atom is -0.379 e. The maximum absolute atomic E-state index is 12.5. The highest BCUT2D eigenvalue weighted by molar-refractivity contribution is 8.01. The Hall–Kier alpha value is -1.64. The van der Waals surface area contributed by atoms with Crippen LogP contribution in [0, 0.1) is 0 Å². The van der Waals surface area contributed by atoms with E-state index in [1.165, 1.54) is 11.8 Å². The van der Waals surface area contributed by atoms with Gasteiger partial charge in [-0.3, -0.25) is 9.69 Å². The molecule has 29 heavy (non-hydrogen) atoms. The Morgan fingerprint density at radius 1 is 1.21 bits per heavy atom. The van der Waals surface area contributed by atoms with Crippen molar-refractivity contribution in [3.63, 3.8) is 0 Å². The number of thioether (sulfide) groups is 1. The predicted molar refractivity (Wildman–Crippen MR) is 120 cm³/mol. The standard InChI is InChI=1S/C21H22ClN3O2S2/c22-16-7-5-15(6-8-16)18(25-9-11-27-12-10-25)13-23-20(26)14-28-21-24-17-3-1-2-4-19(17)29-21/h1-8,18H,9-14H2,(H,23,26). The van der Waals surface area contributed by atoms with Gasteiger partial charge in [0.05, 0.1) is 35.2 Å². The van der Waals surface area contributed by atoms with E-state index in [9.17, 15) is 4.79 Å². The molecule has 152 valence electrons. The summed E-state index contributed by atoms with van der Waals surface area (Å²) in [5.41, 5.74) is 2.13. The van der Waals surface area contributed by atoms with Crippen LogP contribution < -0.4 is 5.32 Å². The van der Waals surface area contributed by atoms with Crippen molar-refractivity contribution >= 4 is 50.8 Å². The molecule has 0 spiro atoms. The molecule has 1 aromatic heterocycles. The molecule has 1 saturated heterocycles. The van der Waals surface area contributed by atoms with Gasteiger partial charge in [-0.05, 0) is 29.8 Å². The van der Waals surface area contributed by atoms with Gasteiger partial charge < -0.3 is 10.1 Å². The highest BCUT2D eigenvalue weighted by atomic mass is 35.5. The topological polar surface area (TPSA) is 54.5 Å². The summed E-state index contributed by atoms with van der Waals surface area (Å²) in [6.07, 6.45) is 0. The van der Waals surface area contributed by atoms with E-state index in [2.05, 4.69) is 21.3 Å². The van der Waals surface area contributed by atoms with Crippen molar-refractivity contribution in [2.24, 2.45) is 0 Å². The van der Waals surface area contributed by atoms with Crippen molar-refractivity contribution in [3.05, 3.63) is 59.1 Å². The zero-order valence-electron chi connectivity index (χ0n) is 15.8. The molecule has 1 fully saturated rings. The fourth-order valence-corrected chi connectivity index (χ4v) is 5.36. The molecule has 2 aromatic carbocycles. The van der Waals surface area contributed by atoms with Gasteiger partial charge in [-0.1, -0.05) is 47.6 Å². The second-order valence-electron chi connectivity index (χ2n) is 6.76. The number of nitrogens with one attached hydrogen (secondary N) is 1. The number of hydrogen-bond donors (Lipinski definition) is 1. The number of carbonyl (C=O) groups excluding carboxylic acids is 1. The molecule has 1 aliphatic heterocycles. The van der Waals surface area contributed by atoms with Crippen LogP contribution in [0.1, 0.15) is 11.6 Å². The van der Waals surface area contributed by atoms with Crippen LogP contribution in [0.5, 0.6) is 0 Å². The van der Waals surface area contributed by atoms with Gasteiger partial charge in [0.25, 0.3) is 0 Å². The minimum atomic E-state index is 0.0153. The van der Waals surface area contributed by atoms with Gasteiger partial charge in [0.1, 0.15) is 0 Å². The molecule has 2 heterocycles. The first-order valence-corrected chi connectivity index (χ1v) is 11.7. The molecule has 1 unspecified atom stereocenters. The third-order valence-corrected chi connectivity index (χ3v) is 7.27. The molecule has 0 radical (unpaired) electrons. The molecular formula is C21H22ClN3O2S2. The van der Waals surface area contributed by atoms with Crippen molar-refractivity contribution in [2.45, 2.75) is 10.4 Å². The number of nitrogens with zero attached hydrogens (tertiary/aromatic N) is 2. The Labute approximate surface area is 183 Å². The van der Waals surface area contributed by atoms with Crippen LogP contribution in [0.4, 0.5) is 0 Å². The first kappa shape index (κ1) is 20.6. The summed E-state index contributed by atoms with van der Waals surface area (Å²) in [5, 5.41) is 3.81. The number of benzene rings is 2. The zero-order valence-corrected chi connectivity index (χ0v) is 18.2. The number of para-hydroxylation sites is 1. The van der Waals surface area contributed by atoms with Gasteiger partial charge in [0.2, 0.25) is 5.91 Å². The molecule has 0 aliphatic carbocycles. The van der Waals surface area contributed by atoms with Gasteiger partial charge in [0.15, 0.2) is 4.34 Å². The Morgan fingerprint density at radius 2 is 1.97 bits per heavy atom. The molecular weight excluding hydrogens is 426 g/mol. The summed E-state index contributed by atoms with van der Waals surface area (Å²) in [7, 11) is 0. The Morgan fingerprint density at radius 3 is 2.72 bits per heavy atom. The largest absolute Gasteiger partial charge is 0.379 e. The van der Waals surface area contributed by atoms with E-state index in [1.807, 2.05) is 42.5 Å². The van der Waals surface area contributed by atoms with Crippen LogP contribution in [0.25, 0.3) is 10.2 Å². The molecule has 1 amide bonds. The van der Waals surface area contributed by atoms with E-state index in [1.54, 1.807) is 11.3 Å². The molecule has 1 N–H and O–H groups in total. The highest BCUT2D eigenvalue weighted by Gasteiger charge is 2.23. The highest BCUT2D eigenvalue weighted by Crippen LogP contribution is 2.29. The summed E-state index contributed by atoms with van der Waals surface area (Å²) in [6, 6.07) is 16.0. The Balaban J connectivity index is 1.35. The van der Waals surface area contributed by atoms with E-state index >= 15 is 0 Å². The average molecular weight is 448 g/mol. The lowest BCUT2D eigenvalue weighted by Crippen LogP contribution is -2.44. The van der Waals surface area contributed by atoms with Crippen LogP contribution in [-0.2, 0) is 9.53 Å². The molecule has 1 atom stereocenters. The SMILES string of the molecule is O=C(CSc1nc2ccccc2s1)NCC(c1ccc(Cl)cc1)N1CCOCC1. The number of thiazole rings is 1. The monoisotopic (exact) mass is 447 g/mol. The molecule has 8 heteroatoms. The first-order valence-electron chi connectivity index (χ1n) is 9.51. The zero-order chi connectivity index (χ0) is 20.1. The van der Waals surface area contributed by atoms with Crippen LogP contribution in [0.2, 0.25) is 5.02 Å². The lowest BCUT2D eigenvalue weighted by atomic mass is 10.0. The predicted octanol–water partition coefficient (Wildman–Crippen LogP) is 4.23. The van der Waals surface area contributed by atoms with E-state index in [0.717, 1.165) is 33.2 Å². The molecule has 0 bridgehead atoms. The number of amides is 1. The second kappa shape index (κ2) is 9.91. The molecule has 1 aliphatic rings. The number of halogens is 1. The van der Waals surface area contributed by atoms with E-state index in [0.29, 0.717) is 30.5 Å². The Bertz CT molecular complexity index is 925. The summed E-state index contributed by atoms with van der Waals surface area (Å²) in [5.74, 6) is 0.373. The van der Waals surface area contributed by atoms with Crippen molar-refractivity contribution in [2.75, 3.05) is 38.6 Å². The number of hydrogen-bond acceptors (Lipinski definition) is 6. The summed E-state index contributed by atoms with van der Waals surface area (Å²) in [4.78, 5) is 19.4. The van der Waals surface area contributed by atoms with E-state index < -0.39 is 0 Å². The number of fused-ring (bicyclic) bond motifs is 1. The number of aromatic nitrogens is 1. The molecule has 4 rings (SSSR count).